The molecule has 3 N–H and O–H groups in total. The fourth-order valence-corrected chi connectivity index (χ4v) is 6.12. The zero-order valence-corrected chi connectivity index (χ0v) is 20.2. The first kappa shape index (κ1) is 26.0. The van der Waals surface area contributed by atoms with Crippen molar-refractivity contribution >= 4 is 27.3 Å². The van der Waals surface area contributed by atoms with E-state index in [9.17, 15) is 26.4 Å². The number of sulfonamides is 1. The maximum Gasteiger partial charge on any atom is 0.416 e. The Morgan fingerprint density at radius 3 is 2.00 bits per heavy atom. The number of carbonyl (C=O) groups is 1. The molecule has 1 amide bonds. The standard InChI is InChI=1S/C23H29F3N4O3S/c1-14(2)17-5-11-20(12-6-17)30(34(32,33)22-15(3)28-29-16(22)4)13-21(31)27-19-9-7-18(8-10-19)23(24,25)26/h5-12,14-16,22,28-29H,13H2,1-4H3,(H,27,31). The topological polar surface area (TPSA) is 90.5 Å². The van der Waals surface area contributed by atoms with E-state index >= 15 is 0 Å². The summed E-state index contributed by atoms with van der Waals surface area (Å²) < 4.78 is 66.7. The lowest BCUT2D eigenvalue weighted by molar-refractivity contribution is -0.137. The number of amides is 1. The van der Waals surface area contributed by atoms with Crippen LogP contribution in [0.5, 0.6) is 0 Å². The van der Waals surface area contributed by atoms with Gasteiger partial charge in [-0.15, -0.1) is 0 Å². The number of rotatable bonds is 7. The highest BCUT2D eigenvalue weighted by molar-refractivity contribution is 7.93. The first-order valence-electron chi connectivity index (χ1n) is 10.9. The maximum absolute atomic E-state index is 13.7. The van der Waals surface area contributed by atoms with Crippen LogP contribution in [-0.4, -0.2) is 38.2 Å². The van der Waals surface area contributed by atoms with Crippen LogP contribution in [0.1, 0.15) is 44.7 Å². The van der Waals surface area contributed by atoms with E-state index in [1.165, 1.54) is 0 Å². The van der Waals surface area contributed by atoms with Gasteiger partial charge in [0.05, 0.1) is 11.3 Å². The molecular formula is C23H29F3N4O3S. The first-order valence-corrected chi connectivity index (χ1v) is 12.4. The summed E-state index contributed by atoms with van der Waals surface area (Å²) in [6.45, 7) is 6.98. The predicted octanol–water partition coefficient (Wildman–Crippen LogP) is 3.86. The lowest BCUT2D eigenvalue weighted by atomic mass is 10.0. The zero-order valence-electron chi connectivity index (χ0n) is 19.3. The summed E-state index contributed by atoms with van der Waals surface area (Å²) in [5, 5.41) is 1.65. The van der Waals surface area contributed by atoms with Crippen LogP contribution in [-0.2, 0) is 21.0 Å². The van der Waals surface area contributed by atoms with E-state index in [0.717, 1.165) is 34.1 Å². The number of hydrogen-bond acceptors (Lipinski definition) is 5. The molecule has 2 aromatic rings. The van der Waals surface area contributed by atoms with Gasteiger partial charge in [-0.1, -0.05) is 26.0 Å². The number of carbonyl (C=O) groups excluding carboxylic acids is 1. The fourth-order valence-electron chi connectivity index (χ4n) is 3.95. The summed E-state index contributed by atoms with van der Waals surface area (Å²) >= 11 is 0. The van der Waals surface area contributed by atoms with Crippen molar-refractivity contribution in [1.29, 1.82) is 0 Å². The Kier molecular flexibility index (Phi) is 7.59. The van der Waals surface area contributed by atoms with Crippen LogP contribution in [0.4, 0.5) is 24.5 Å². The van der Waals surface area contributed by atoms with Crippen molar-refractivity contribution in [3.8, 4) is 0 Å². The minimum atomic E-state index is -4.49. The van der Waals surface area contributed by atoms with Gasteiger partial charge in [0.25, 0.3) is 0 Å². The zero-order chi connectivity index (χ0) is 25.3. The molecular weight excluding hydrogens is 469 g/mol. The van der Waals surface area contributed by atoms with E-state index in [0.29, 0.717) is 5.69 Å². The van der Waals surface area contributed by atoms with Crippen LogP contribution >= 0.6 is 0 Å². The third kappa shape index (κ3) is 5.70. The molecule has 0 saturated carbocycles. The Morgan fingerprint density at radius 2 is 1.53 bits per heavy atom. The third-order valence-corrected chi connectivity index (χ3v) is 8.26. The van der Waals surface area contributed by atoms with E-state index in [-0.39, 0.29) is 11.6 Å². The lowest BCUT2D eigenvalue weighted by Gasteiger charge is -2.30. The molecule has 0 spiro atoms. The van der Waals surface area contributed by atoms with Gasteiger partial charge >= 0.3 is 6.18 Å². The second kappa shape index (κ2) is 9.93. The molecule has 186 valence electrons. The molecule has 11 heteroatoms. The highest BCUT2D eigenvalue weighted by atomic mass is 32.2. The fraction of sp³-hybridized carbons (Fsp3) is 0.435. The van der Waals surface area contributed by atoms with Crippen LogP contribution in [0.15, 0.2) is 48.5 Å². The number of halogens is 3. The van der Waals surface area contributed by atoms with Crippen molar-refractivity contribution in [3.63, 3.8) is 0 Å². The van der Waals surface area contributed by atoms with Crippen molar-refractivity contribution in [2.75, 3.05) is 16.2 Å². The summed E-state index contributed by atoms with van der Waals surface area (Å²) in [4.78, 5) is 12.8. The Morgan fingerprint density at radius 1 is 1.00 bits per heavy atom. The monoisotopic (exact) mass is 498 g/mol. The molecule has 7 nitrogen and oxygen atoms in total. The Hall–Kier alpha value is -2.63. The SMILES string of the molecule is CC(C)c1ccc(N(CC(=O)Nc2ccc(C(F)(F)F)cc2)S(=O)(=O)C2C(C)NNC2C)cc1. The molecule has 2 atom stereocenters. The molecule has 0 radical (unpaired) electrons. The number of benzene rings is 2. The molecule has 0 aromatic heterocycles. The quantitative estimate of drug-likeness (QED) is 0.540. The predicted molar refractivity (Wildman–Crippen MR) is 126 cm³/mol. The Bertz CT molecular complexity index is 1090. The molecule has 2 aromatic carbocycles. The van der Waals surface area contributed by atoms with Gasteiger partial charge < -0.3 is 5.32 Å². The van der Waals surface area contributed by atoms with Crippen molar-refractivity contribution in [3.05, 3.63) is 59.7 Å². The minimum absolute atomic E-state index is 0.136. The molecule has 34 heavy (non-hydrogen) atoms. The third-order valence-electron chi connectivity index (χ3n) is 5.81. The summed E-state index contributed by atoms with van der Waals surface area (Å²) in [5.41, 5.74) is 6.48. The molecule has 1 heterocycles. The summed E-state index contributed by atoms with van der Waals surface area (Å²) in [6, 6.07) is 10.1. The molecule has 1 saturated heterocycles. The molecule has 1 fully saturated rings. The number of alkyl halides is 3. The van der Waals surface area contributed by atoms with Gasteiger partial charge in [0.2, 0.25) is 15.9 Å². The van der Waals surface area contributed by atoms with Gasteiger partial charge in [-0.3, -0.25) is 20.0 Å². The van der Waals surface area contributed by atoms with Crippen molar-refractivity contribution < 1.29 is 26.4 Å². The molecule has 1 aliphatic rings. The highest BCUT2D eigenvalue weighted by Gasteiger charge is 2.44. The maximum atomic E-state index is 13.7. The molecule has 3 rings (SSSR count). The normalized spacial score (nSPS) is 21.0. The van der Waals surface area contributed by atoms with Gasteiger partial charge in [-0.05, 0) is 61.7 Å². The molecule has 1 aliphatic heterocycles. The summed E-state index contributed by atoms with van der Waals surface area (Å²) in [6.07, 6.45) is -4.49. The van der Waals surface area contributed by atoms with E-state index in [1.54, 1.807) is 26.0 Å². The summed E-state index contributed by atoms with van der Waals surface area (Å²) in [5.74, 6) is -0.430. The van der Waals surface area contributed by atoms with E-state index < -0.39 is 51.5 Å². The lowest BCUT2D eigenvalue weighted by Crippen LogP contribution is -2.49. The van der Waals surface area contributed by atoms with E-state index in [4.69, 9.17) is 0 Å². The van der Waals surface area contributed by atoms with Crippen molar-refractivity contribution in [2.24, 2.45) is 0 Å². The van der Waals surface area contributed by atoms with Crippen LogP contribution in [0.25, 0.3) is 0 Å². The number of hydrogen-bond donors (Lipinski definition) is 3. The van der Waals surface area contributed by atoms with Crippen LogP contribution in [0.3, 0.4) is 0 Å². The van der Waals surface area contributed by atoms with Crippen LogP contribution in [0.2, 0.25) is 0 Å². The van der Waals surface area contributed by atoms with Crippen LogP contribution in [0, 0.1) is 0 Å². The highest BCUT2D eigenvalue weighted by Crippen LogP contribution is 2.30. The van der Waals surface area contributed by atoms with E-state index in [2.05, 4.69) is 16.2 Å². The van der Waals surface area contributed by atoms with Crippen molar-refractivity contribution in [1.82, 2.24) is 10.9 Å². The number of nitrogens with zero attached hydrogens (tertiary/aromatic N) is 1. The smallest absolute Gasteiger partial charge is 0.325 e. The van der Waals surface area contributed by atoms with Crippen molar-refractivity contribution in [2.45, 2.75) is 57.1 Å². The number of nitrogens with one attached hydrogen (secondary N) is 3. The number of anilines is 2. The van der Waals surface area contributed by atoms with Crippen LogP contribution < -0.4 is 20.5 Å². The van der Waals surface area contributed by atoms with Gasteiger partial charge in [0.1, 0.15) is 11.8 Å². The molecule has 0 aliphatic carbocycles. The molecule has 2 unspecified atom stereocenters. The van der Waals surface area contributed by atoms with Gasteiger partial charge in [-0.25, -0.2) is 8.42 Å². The average Bonchev–Trinajstić information content (AvgIpc) is 3.10. The van der Waals surface area contributed by atoms with Gasteiger partial charge in [0, 0.05) is 17.8 Å². The largest absolute Gasteiger partial charge is 0.416 e. The second-order valence-corrected chi connectivity index (χ2v) is 10.8. The average molecular weight is 499 g/mol. The minimum Gasteiger partial charge on any atom is -0.325 e. The van der Waals surface area contributed by atoms with E-state index in [1.807, 2.05) is 26.0 Å². The number of hydrazine groups is 1. The van der Waals surface area contributed by atoms with Gasteiger partial charge in [0.15, 0.2) is 0 Å². The van der Waals surface area contributed by atoms with Gasteiger partial charge in [-0.2, -0.15) is 13.2 Å². The second-order valence-electron chi connectivity index (χ2n) is 8.75. The first-order chi connectivity index (χ1) is 15.8. The molecule has 0 bridgehead atoms. The Labute approximate surface area is 197 Å². The Balaban J connectivity index is 1.88. The summed E-state index contributed by atoms with van der Waals surface area (Å²) in [7, 11) is -4.00.